The Bertz CT molecular complexity index is 391. The van der Waals surface area contributed by atoms with Crippen molar-refractivity contribution in [3.63, 3.8) is 0 Å². The Balaban J connectivity index is 1.92. The topological polar surface area (TPSA) is 68.2 Å². The molecule has 1 aromatic heterocycles. The van der Waals surface area contributed by atoms with E-state index in [1.54, 1.807) is 0 Å². The third kappa shape index (κ3) is 1.31. The van der Waals surface area contributed by atoms with Crippen molar-refractivity contribution in [1.29, 1.82) is 0 Å². The molecule has 16 heavy (non-hydrogen) atoms. The maximum Gasteiger partial charge on any atom is 0.226 e. The second kappa shape index (κ2) is 3.53. The Morgan fingerprint density at radius 3 is 3.19 bits per heavy atom. The molecule has 2 aliphatic heterocycles. The minimum absolute atomic E-state index is 0.382. The number of fused-ring (bicyclic) bond motifs is 1. The Hall–Kier alpha value is -0.940. The number of hydrogen-bond donors (Lipinski definition) is 1. The molecule has 3 heterocycles. The standard InChI is InChI=1S/C11H18N4O/c1-2-9-13-10(14-16-9)11(12)5-7-15-6-3-4-8(11)15/h8H,2-7,12H2,1H3. The number of nitrogens with two attached hydrogens (primary N) is 1. The van der Waals surface area contributed by atoms with Gasteiger partial charge in [-0.05, 0) is 25.8 Å². The van der Waals surface area contributed by atoms with Gasteiger partial charge in [-0.15, -0.1) is 0 Å². The van der Waals surface area contributed by atoms with E-state index in [1.165, 1.54) is 13.0 Å². The van der Waals surface area contributed by atoms with Crippen molar-refractivity contribution in [2.75, 3.05) is 13.1 Å². The van der Waals surface area contributed by atoms with Crippen LogP contribution in [-0.2, 0) is 12.0 Å². The molecule has 88 valence electrons. The van der Waals surface area contributed by atoms with Gasteiger partial charge >= 0.3 is 0 Å². The quantitative estimate of drug-likeness (QED) is 0.796. The van der Waals surface area contributed by atoms with Gasteiger partial charge in [0, 0.05) is 19.0 Å². The van der Waals surface area contributed by atoms with Gasteiger partial charge in [0.2, 0.25) is 5.89 Å². The van der Waals surface area contributed by atoms with Crippen molar-refractivity contribution in [2.45, 2.75) is 44.2 Å². The van der Waals surface area contributed by atoms with Crippen LogP contribution >= 0.6 is 0 Å². The summed E-state index contributed by atoms with van der Waals surface area (Å²) in [7, 11) is 0. The lowest BCUT2D eigenvalue weighted by Gasteiger charge is -2.27. The number of nitrogens with zero attached hydrogens (tertiary/aromatic N) is 3. The van der Waals surface area contributed by atoms with Crippen molar-refractivity contribution in [2.24, 2.45) is 5.73 Å². The molecule has 2 N–H and O–H groups in total. The van der Waals surface area contributed by atoms with Crippen LogP contribution in [0.5, 0.6) is 0 Å². The van der Waals surface area contributed by atoms with Gasteiger partial charge in [-0.25, -0.2) is 0 Å². The molecule has 1 aromatic rings. The molecule has 2 atom stereocenters. The molecule has 2 aliphatic rings. The summed E-state index contributed by atoms with van der Waals surface area (Å²) in [6, 6.07) is 0.412. The Morgan fingerprint density at radius 2 is 2.44 bits per heavy atom. The predicted molar refractivity (Wildman–Crippen MR) is 58.8 cm³/mol. The van der Waals surface area contributed by atoms with Gasteiger partial charge in [0.05, 0.1) is 5.54 Å². The first kappa shape index (κ1) is 10.2. The molecule has 0 bridgehead atoms. The minimum Gasteiger partial charge on any atom is -0.339 e. The molecule has 2 fully saturated rings. The molecule has 0 amide bonds. The van der Waals surface area contributed by atoms with Crippen molar-refractivity contribution in [1.82, 2.24) is 15.0 Å². The van der Waals surface area contributed by atoms with Gasteiger partial charge in [-0.3, -0.25) is 4.90 Å². The Morgan fingerprint density at radius 1 is 1.56 bits per heavy atom. The minimum atomic E-state index is -0.382. The van der Waals surface area contributed by atoms with Crippen molar-refractivity contribution < 1.29 is 4.52 Å². The lowest BCUT2D eigenvalue weighted by Crippen LogP contribution is -2.47. The van der Waals surface area contributed by atoms with Gasteiger partial charge in [-0.1, -0.05) is 12.1 Å². The fourth-order valence-corrected chi connectivity index (χ4v) is 3.02. The van der Waals surface area contributed by atoms with Crippen molar-refractivity contribution in [3.8, 4) is 0 Å². The second-order valence-corrected chi connectivity index (χ2v) is 4.85. The van der Waals surface area contributed by atoms with Crippen LogP contribution in [0.3, 0.4) is 0 Å². The van der Waals surface area contributed by atoms with Crippen molar-refractivity contribution >= 4 is 0 Å². The fraction of sp³-hybridized carbons (Fsp3) is 0.818. The highest BCUT2D eigenvalue weighted by Gasteiger charge is 2.50. The molecule has 5 heteroatoms. The summed E-state index contributed by atoms with van der Waals surface area (Å²) in [6.45, 7) is 4.25. The van der Waals surface area contributed by atoms with E-state index < -0.39 is 0 Å². The lowest BCUT2D eigenvalue weighted by molar-refractivity contribution is 0.252. The lowest BCUT2D eigenvalue weighted by atomic mass is 9.89. The average Bonchev–Trinajstić information content (AvgIpc) is 2.96. The van der Waals surface area contributed by atoms with Crippen LogP contribution in [0.1, 0.15) is 37.9 Å². The molecule has 2 unspecified atom stereocenters. The van der Waals surface area contributed by atoms with E-state index in [1.807, 2.05) is 6.92 Å². The summed E-state index contributed by atoms with van der Waals surface area (Å²) in [5.74, 6) is 1.40. The zero-order valence-corrected chi connectivity index (χ0v) is 9.65. The third-order valence-electron chi connectivity index (χ3n) is 3.96. The second-order valence-electron chi connectivity index (χ2n) is 4.85. The number of rotatable bonds is 2. The molecular formula is C11H18N4O. The van der Waals surface area contributed by atoms with Crippen LogP contribution in [0.15, 0.2) is 4.52 Å². The Kier molecular flexibility index (Phi) is 2.26. The van der Waals surface area contributed by atoms with Crippen LogP contribution in [0, 0.1) is 0 Å². The van der Waals surface area contributed by atoms with E-state index in [9.17, 15) is 0 Å². The van der Waals surface area contributed by atoms with Crippen LogP contribution in [-0.4, -0.2) is 34.2 Å². The zero-order chi connectivity index (χ0) is 11.2. The van der Waals surface area contributed by atoms with E-state index >= 15 is 0 Å². The van der Waals surface area contributed by atoms with Crippen LogP contribution in [0.4, 0.5) is 0 Å². The summed E-state index contributed by atoms with van der Waals surface area (Å²) in [5, 5.41) is 4.06. The summed E-state index contributed by atoms with van der Waals surface area (Å²) >= 11 is 0. The molecule has 0 radical (unpaired) electrons. The molecule has 5 nitrogen and oxygen atoms in total. The van der Waals surface area contributed by atoms with Gasteiger partial charge in [0.25, 0.3) is 0 Å². The van der Waals surface area contributed by atoms with Gasteiger partial charge in [0.15, 0.2) is 5.82 Å². The van der Waals surface area contributed by atoms with Gasteiger partial charge in [-0.2, -0.15) is 4.98 Å². The number of aromatic nitrogens is 2. The average molecular weight is 222 g/mol. The summed E-state index contributed by atoms with van der Waals surface area (Å²) in [6.07, 6.45) is 4.12. The first-order valence-electron chi connectivity index (χ1n) is 6.10. The normalized spacial score (nSPS) is 34.5. The first-order valence-corrected chi connectivity index (χ1v) is 6.10. The van der Waals surface area contributed by atoms with Crippen LogP contribution in [0.25, 0.3) is 0 Å². The number of aryl methyl sites for hydroxylation is 1. The Labute approximate surface area is 95.0 Å². The van der Waals surface area contributed by atoms with Crippen LogP contribution < -0.4 is 5.73 Å². The highest BCUT2D eigenvalue weighted by Crippen LogP contribution is 2.39. The van der Waals surface area contributed by atoms with E-state index in [0.29, 0.717) is 17.8 Å². The maximum atomic E-state index is 6.51. The van der Waals surface area contributed by atoms with E-state index in [0.717, 1.165) is 25.8 Å². The highest BCUT2D eigenvalue weighted by atomic mass is 16.5. The van der Waals surface area contributed by atoms with Gasteiger partial charge < -0.3 is 10.3 Å². The number of hydrogen-bond acceptors (Lipinski definition) is 5. The molecule has 0 spiro atoms. The highest BCUT2D eigenvalue weighted by molar-refractivity contribution is 5.15. The van der Waals surface area contributed by atoms with Gasteiger partial charge in [0.1, 0.15) is 0 Å². The smallest absolute Gasteiger partial charge is 0.226 e. The maximum absolute atomic E-state index is 6.51. The molecule has 2 saturated heterocycles. The zero-order valence-electron chi connectivity index (χ0n) is 9.65. The summed E-state index contributed by atoms with van der Waals surface area (Å²) < 4.78 is 5.18. The van der Waals surface area contributed by atoms with E-state index in [-0.39, 0.29) is 5.54 Å². The molecule has 0 aromatic carbocycles. The molecule has 0 aliphatic carbocycles. The third-order valence-corrected chi connectivity index (χ3v) is 3.96. The largest absolute Gasteiger partial charge is 0.339 e. The summed E-state index contributed by atoms with van der Waals surface area (Å²) in [5.41, 5.74) is 6.13. The van der Waals surface area contributed by atoms with Crippen LogP contribution in [0.2, 0.25) is 0 Å². The summed E-state index contributed by atoms with van der Waals surface area (Å²) in [4.78, 5) is 6.87. The monoisotopic (exact) mass is 222 g/mol. The molecule has 0 saturated carbocycles. The van der Waals surface area contributed by atoms with E-state index in [4.69, 9.17) is 10.3 Å². The predicted octanol–water partition coefficient (Wildman–Crippen LogP) is 0.654. The van der Waals surface area contributed by atoms with Crippen molar-refractivity contribution in [3.05, 3.63) is 11.7 Å². The van der Waals surface area contributed by atoms with E-state index in [2.05, 4.69) is 15.0 Å². The first-order chi connectivity index (χ1) is 7.74. The fourth-order valence-electron chi connectivity index (χ4n) is 3.02. The SMILES string of the molecule is CCc1nc(C2(N)CCN3CCCC32)no1. The molecular weight excluding hydrogens is 204 g/mol. The molecule has 3 rings (SSSR count).